The number of aromatic nitrogens is 3. The predicted octanol–water partition coefficient (Wildman–Crippen LogP) is 4.36. The summed E-state index contributed by atoms with van der Waals surface area (Å²) in [7, 11) is 1.78. The summed E-state index contributed by atoms with van der Waals surface area (Å²) in [6.07, 6.45) is 4.12. The number of pyridine rings is 1. The van der Waals surface area contributed by atoms with Gasteiger partial charge in [-0.2, -0.15) is 0 Å². The van der Waals surface area contributed by atoms with Gasteiger partial charge in [0.2, 0.25) is 0 Å². The number of fused-ring (bicyclic) bond motifs is 1. The second-order valence-electron chi connectivity index (χ2n) is 8.27. The van der Waals surface area contributed by atoms with Gasteiger partial charge in [-0.05, 0) is 56.4 Å². The highest BCUT2D eigenvalue weighted by Crippen LogP contribution is 2.42. The van der Waals surface area contributed by atoms with Gasteiger partial charge in [0.15, 0.2) is 0 Å². The van der Waals surface area contributed by atoms with Crippen molar-refractivity contribution in [1.29, 1.82) is 0 Å². The Morgan fingerprint density at radius 3 is 2.40 bits per heavy atom. The lowest BCUT2D eigenvalue weighted by Crippen LogP contribution is -2.22. The maximum Gasteiger partial charge on any atom is 0.332 e. The molecule has 0 spiro atoms. The first kappa shape index (κ1) is 18.7. The Morgan fingerprint density at radius 1 is 1.00 bits per heavy atom. The van der Waals surface area contributed by atoms with Crippen molar-refractivity contribution in [3.8, 4) is 16.9 Å². The molecule has 1 aliphatic carbocycles. The smallest absolute Gasteiger partial charge is 0.309 e. The Balaban J connectivity index is 1.78. The van der Waals surface area contributed by atoms with E-state index in [1.54, 1.807) is 26.8 Å². The Bertz CT molecular complexity index is 1380. The molecule has 0 saturated heterocycles. The van der Waals surface area contributed by atoms with Gasteiger partial charge in [0.05, 0.1) is 16.9 Å². The maximum atomic E-state index is 13.0. The molecule has 0 N–H and O–H groups in total. The molecule has 1 aliphatic rings. The second kappa shape index (κ2) is 6.87. The molecule has 2 aromatic carbocycles. The van der Waals surface area contributed by atoms with E-state index in [1.165, 1.54) is 5.56 Å². The predicted molar refractivity (Wildman–Crippen MR) is 121 cm³/mol. The molecule has 0 atom stereocenters. The molecule has 0 radical (unpaired) electrons. The summed E-state index contributed by atoms with van der Waals surface area (Å²) in [6.45, 7) is 4.67. The van der Waals surface area contributed by atoms with E-state index in [0.29, 0.717) is 12.5 Å². The van der Waals surface area contributed by atoms with Crippen molar-refractivity contribution >= 4 is 10.9 Å². The van der Waals surface area contributed by atoms with Gasteiger partial charge in [-0.25, -0.2) is 4.79 Å². The molecule has 5 nitrogen and oxygen atoms in total. The highest BCUT2D eigenvalue weighted by molar-refractivity contribution is 5.86. The van der Waals surface area contributed by atoms with E-state index in [2.05, 4.69) is 25.1 Å². The van der Waals surface area contributed by atoms with E-state index in [0.717, 1.165) is 46.3 Å². The molecule has 0 aliphatic heterocycles. The molecule has 2 aromatic heterocycles. The van der Waals surface area contributed by atoms with Crippen LogP contribution in [0.2, 0.25) is 0 Å². The van der Waals surface area contributed by atoms with Crippen molar-refractivity contribution in [2.45, 2.75) is 39.2 Å². The van der Waals surface area contributed by atoms with Crippen molar-refractivity contribution in [3.63, 3.8) is 0 Å². The maximum absolute atomic E-state index is 13.0. The number of aryl methyl sites for hydroxylation is 3. The third-order valence-electron chi connectivity index (χ3n) is 6.12. The zero-order valence-electron chi connectivity index (χ0n) is 17.6. The van der Waals surface area contributed by atoms with Crippen LogP contribution in [0.5, 0.6) is 0 Å². The average Bonchev–Trinajstić information content (AvgIpc) is 3.54. The molecule has 1 saturated carbocycles. The zero-order chi connectivity index (χ0) is 21.0. The van der Waals surface area contributed by atoms with Crippen LogP contribution in [-0.4, -0.2) is 13.7 Å². The highest BCUT2D eigenvalue weighted by Gasteiger charge is 2.27. The van der Waals surface area contributed by atoms with Crippen molar-refractivity contribution in [3.05, 3.63) is 86.7 Å². The van der Waals surface area contributed by atoms with Crippen molar-refractivity contribution in [2.24, 2.45) is 7.05 Å². The summed E-state index contributed by atoms with van der Waals surface area (Å²) in [5, 5.41) is 1.07. The van der Waals surface area contributed by atoms with Gasteiger partial charge in [-0.1, -0.05) is 29.8 Å². The first-order valence-electron chi connectivity index (χ1n) is 10.5. The minimum Gasteiger partial charge on any atom is -0.309 e. The summed E-state index contributed by atoms with van der Waals surface area (Å²) in [5.74, 6) is 0.450. The second-order valence-corrected chi connectivity index (χ2v) is 8.27. The summed E-state index contributed by atoms with van der Waals surface area (Å²) < 4.78 is 5.19. The summed E-state index contributed by atoms with van der Waals surface area (Å²) >= 11 is 0. The number of hydrogen-bond donors (Lipinski definition) is 0. The molecule has 1 fully saturated rings. The van der Waals surface area contributed by atoms with Gasteiger partial charge < -0.3 is 9.13 Å². The first-order chi connectivity index (χ1) is 14.5. The average molecular weight is 399 g/mol. The van der Waals surface area contributed by atoms with Crippen molar-refractivity contribution in [2.75, 3.05) is 0 Å². The molecule has 4 aromatic rings. The Hall–Kier alpha value is -3.34. The van der Waals surface area contributed by atoms with E-state index in [4.69, 9.17) is 0 Å². The lowest BCUT2D eigenvalue weighted by molar-refractivity contribution is 0.756. The van der Waals surface area contributed by atoms with Gasteiger partial charge in [0.25, 0.3) is 5.56 Å². The third-order valence-corrected chi connectivity index (χ3v) is 6.12. The number of hydrogen-bond acceptors (Lipinski definition) is 2. The molecule has 2 heterocycles. The van der Waals surface area contributed by atoms with Crippen LogP contribution in [0, 0.1) is 6.92 Å². The Kier molecular flexibility index (Phi) is 4.28. The largest absolute Gasteiger partial charge is 0.332 e. The molecule has 5 heteroatoms. The van der Waals surface area contributed by atoms with Crippen LogP contribution in [0.3, 0.4) is 0 Å². The van der Waals surface area contributed by atoms with Gasteiger partial charge >= 0.3 is 5.69 Å². The van der Waals surface area contributed by atoms with Crippen LogP contribution in [0.25, 0.3) is 27.8 Å². The summed E-state index contributed by atoms with van der Waals surface area (Å²) in [4.78, 5) is 25.6. The van der Waals surface area contributed by atoms with Crippen LogP contribution >= 0.6 is 0 Å². The number of imidazole rings is 1. The molecule has 0 amide bonds. The van der Waals surface area contributed by atoms with Crippen molar-refractivity contribution < 1.29 is 0 Å². The molecule has 0 unspecified atom stereocenters. The fourth-order valence-corrected chi connectivity index (χ4v) is 4.33. The SMILES string of the molecule is CCn1c(=O)cc(C2CC2)c2cc(-n3c(-c4ccc(C)cc4)cn(C)c3=O)ccc21. The molecule has 0 bridgehead atoms. The van der Waals surface area contributed by atoms with E-state index < -0.39 is 0 Å². The molecular formula is C25H25N3O2. The van der Waals surface area contributed by atoms with Gasteiger partial charge in [-0.3, -0.25) is 9.36 Å². The van der Waals surface area contributed by atoms with Gasteiger partial charge in [0, 0.05) is 36.8 Å². The molecule has 30 heavy (non-hydrogen) atoms. The highest BCUT2D eigenvalue weighted by atomic mass is 16.1. The fraction of sp³-hybridized carbons (Fsp3) is 0.280. The lowest BCUT2D eigenvalue weighted by atomic mass is 10.0. The van der Waals surface area contributed by atoms with Crippen LogP contribution in [0.15, 0.2) is 64.3 Å². The fourth-order valence-electron chi connectivity index (χ4n) is 4.33. The van der Waals surface area contributed by atoms with E-state index in [9.17, 15) is 9.59 Å². The quantitative estimate of drug-likeness (QED) is 0.512. The van der Waals surface area contributed by atoms with E-state index >= 15 is 0 Å². The number of nitrogens with zero attached hydrogens (tertiary/aromatic N) is 3. The van der Waals surface area contributed by atoms with Crippen LogP contribution in [0.1, 0.15) is 36.8 Å². The minimum absolute atomic E-state index is 0.0527. The third kappa shape index (κ3) is 2.93. The topological polar surface area (TPSA) is 48.9 Å². The monoisotopic (exact) mass is 399 g/mol. The number of rotatable bonds is 4. The summed E-state index contributed by atoms with van der Waals surface area (Å²) in [5.41, 5.74) is 5.89. The Labute approximate surface area is 174 Å². The van der Waals surface area contributed by atoms with Crippen LogP contribution in [-0.2, 0) is 13.6 Å². The molecular weight excluding hydrogens is 374 g/mol. The van der Waals surface area contributed by atoms with Gasteiger partial charge in [0.1, 0.15) is 0 Å². The van der Waals surface area contributed by atoms with Crippen LogP contribution < -0.4 is 11.2 Å². The lowest BCUT2D eigenvalue weighted by Gasteiger charge is -2.14. The summed E-state index contributed by atoms with van der Waals surface area (Å²) in [6, 6.07) is 16.0. The first-order valence-corrected chi connectivity index (χ1v) is 10.5. The normalized spacial score (nSPS) is 13.8. The van der Waals surface area contributed by atoms with Crippen LogP contribution in [0.4, 0.5) is 0 Å². The van der Waals surface area contributed by atoms with Crippen molar-refractivity contribution in [1.82, 2.24) is 13.7 Å². The minimum atomic E-state index is -0.0817. The van der Waals surface area contributed by atoms with Gasteiger partial charge in [-0.15, -0.1) is 0 Å². The van der Waals surface area contributed by atoms with E-state index in [1.807, 2.05) is 37.4 Å². The number of benzene rings is 2. The standard InChI is InChI=1S/C25H25N3O2/c1-4-27-22-12-11-19(13-21(22)20(14-24(27)29)17-9-10-17)28-23(15-26(3)25(28)30)18-7-5-16(2)6-8-18/h5-8,11-15,17H,4,9-10H2,1-3H3. The molecule has 152 valence electrons. The Morgan fingerprint density at radius 2 is 1.73 bits per heavy atom. The molecule has 5 rings (SSSR count). The van der Waals surface area contributed by atoms with E-state index in [-0.39, 0.29) is 11.2 Å². The zero-order valence-corrected chi connectivity index (χ0v) is 17.6.